The van der Waals surface area contributed by atoms with E-state index in [1.807, 2.05) is 25.7 Å². The quantitative estimate of drug-likeness (QED) is 0.339. The standard InChI is InChI=1S/C24H29ClFN5O3S/c1-15-11-29(8-9-31(15)23(33)18-4-6-19(26)7-5-18)21-10-20(25)27-24(28-21)35-14-22(32)30-12-16(2)34-17(3)13-30/h4-7,10,15-17H,8-9,11-14H2,1-3H3. The molecule has 0 N–H and O–H groups in total. The Kier molecular flexibility index (Phi) is 8.13. The minimum atomic E-state index is -0.371. The third kappa shape index (κ3) is 6.42. The number of carbonyl (C=O) groups excluding carboxylic acids is 2. The van der Waals surface area contributed by atoms with E-state index in [2.05, 4.69) is 14.9 Å². The minimum absolute atomic E-state index is 0.0114. The van der Waals surface area contributed by atoms with Crippen LogP contribution in [0, 0.1) is 5.82 Å². The number of anilines is 1. The summed E-state index contributed by atoms with van der Waals surface area (Å²) < 4.78 is 18.9. The molecular weight excluding hydrogens is 493 g/mol. The highest BCUT2D eigenvalue weighted by Gasteiger charge is 2.30. The summed E-state index contributed by atoms with van der Waals surface area (Å²) in [6, 6.07) is 7.21. The van der Waals surface area contributed by atoms with E-state index >= 15 is 0 Å². The van der Waals surface area contributed by atoms with Crippen molar-refractivity contribution in [3.8, 4) is 0 Å². The number of halogens is 2. The minimum Gasteiger partial charge on any atom is -0.372 e. The Labute approximate surface area is 213 Å². The van der Waals surface area contributed by atoms with Gasteiger partial charge in [0, 0.05) is 50.4 Å². The maximum atomic E-state index is 13.2. The first-order valence-electron chi connectivity index (χ1n) is 11.6. The topological polar surface area (TPSA) is 78.9 Å². The lowest BCUT2D eigenvalue weighted by atomic mass is 10.1. The predicted octanol–water partition coefficient (Wildman–Crippen LogP) is 3.35. The zero-order chi connectivity index (χ0) is 25.1. The molecule has 0 aliphatic carbocycles. The molecule has 8 nitrogen and oxygen atoms in total. The van der Waals surface area contributed by atoms with Crippen molar-refractivity contribution in [3.63, 3.8) is 0 Å². The van der Waals surface area contributed by atoms with Crippen molar-refractivity contribution in [3.05, 3.63) is 46.9 Å². The number of amides is 2. The lowest BCUT2D eigenvalue weighted by Crippen LogP contribution is -2.54. The maximum Gasteiger partial charge on any atom is 0.254 e. The molecule has 35 heavy (non-hydrogen) atoms. The number of benzene rings is 1. The largest absolute Gasteiger partial charge is 0.372 e. The van der Waals surface area contributed by atoms with Crippen LogP contribution in [0.5, 0.6) is 0 Å². The molecule has 3 atom stereocenters. The number of ether oxygens (including phenoxy) is 1. The number of rotatable bonds is 5. The molecule has 1 aromatic carbocycles. The van der Waals surface area contributed by atoms with Crippen LogP contribution in [0.15, 0.2) is 35.5 Å². The van der Waals surface area contributed by atoms with E-state index in [0.29, 0.717) is 54.4 Å². The van der Waals surface area contributed by atoms with Gasteiger partial charge < -0.3 is 19.4 Å². The molecule has 2 aliphatic rings. The molecule has 0 radical (unpaired) electrons. The third-order valence-corrected chi connectivity index (χ3v) is 7.09. The Morgan fingerprint density at radius 2 is 1.77 bits per heavy atom. The number of thioether (sulfide) groups is 1. The summed E-state index contributed by atoms with van der Waals surface area (Å²) in [5.41, 5.74) is 0.462. The molecule has 0 spiro atoms. The van der Waals surface area contributed by atoms with E-state index in [9.17, 15) is 14.0 Å². The lowest BCUT2D eigenvalue weighted by Gasteiger charge is -2.40. The van der Waals surface area contributed by atoms with Crippen molar-refractivity contribution in [1.29, 1.82) is 0 Å². The summed E-state index contributed by atoms with van der Waals surface area (Å²) >= 11 is 7.54. The second-order valence-corrected chi connectivity index (χ2v) is 10.3. The van der Waals surface area contributed by atoms with Crippen molar-refractivity contribution in [2.45, 2.75) is 44.2 Å². The van der Waals surface area contributed by atoms with Crippen molar-refractivity contribution < 1.29 is 18.7 Å². The molecule has 2 aromatic rings. The number of hydrogen-bond acceptors (Lipinski definition) is 7. The van der Waals surface area contributed by atoms with Gasteiger partial charge in [0.15, 0.2) is 5.16 Å². The van der Waals surface area contributed by atoms with Crippen molar-refractivity contribution in [2.24, 2.45) is 0 Å². The van der Waals surface area contributed by atoms with Gasteiger partial charge in [-0.25, -0.2) is 14.4 Å². The summed E-state index contributed by atoms with van der Waals surface area (Å²) in [6.07, 6.45) is 0.0228. The van der Waals surface area contributed by atoms with Crippen LogP contribution in [0.1, 0.15) is 31.1 Å². The smallest absolute Gasteiger partial charge is 0.254 e. The molecule has 2 amide bonds. The maximum absolute atomic E-state index is 13.2. The summed E-state index contributed by atoms with van der Waals surface area (Å²) in [5, 5.41) is 0.740. The van der Waals surface area contributed by atoms with E-state index in [0.717, 1.165) is 0 Å². The average molecular weight is 522 g/mol. The van der Waals surface area contributed by atoms with Crippen molar-refractivity contribution >= 4 is 41.0 Å². The summed E-state index contributed by atoms with van der Waals surface area (Å²) in [7, 11) is 0. The molecule has 3 heterocycles. The van der Waals surface area contributed by atoms with Gasteiger partial charge in [0.05, 0.1) is 18.0 Å². The van der Waals surface area contributed by atoms with Crippen LogP contribution in [0.3, 0.4) is 0 Å². The zero-order valence-electron chi connectivity index (χ0n) is 20.0. The third-order valence-electron chi connectivity index (χ3n) is 6.06. The second-order valence-electron chi connectivity index (χ2n) is 8.98. The normalized spacial score (nSPS) is 22.9. The highest BCUT2D eigenvalue weighted by Crippen LogP contribution is 2.25. The number of hydrogen-bond donors (Lipinski definition) is 0. The van der Waals surface area contributed by atoms with Gasteiger partial charge in [0.25, 0.3) is 5.91 Å². The first-order chi connectivity index (χ1) is 16.7. The molecule has 3 unspecified atom stereocenters. The fourth-order valence-corrected chi connectivity index (χ4v) is 5.42. The first-order valence-corrected chi connectivity index (χ1v) is 13.0. The molecule has 1 aromatic heterocycles. The molecule has 0 saturated carbocycles. The summed E-state index contributed by atoms with van der Waals surface area (Å²) in [6.45, 7) is 8.66. The summed E-state index contributed by atoms with van der Waals surface area (Å²) in [5.74, 6) is 0.400. The first kappa shape index (κ1) is 25.7. The Bertz CT molecular complexity index is 1070. The molecule has 0 bridgehead atoms. The van der Waals surface area contributed by atoms with Crippen molar-refractivity contribution in [2.75, 3.05) is 43.4 Å². The molecule has 11 heteroatoms. The van der Waals surface area contributed by atoms with Gasteiger partial charge in [0.1, 0.15) is 16.8 Å². The molecule has 188 valence electrons. The number of carbonyl (C=O) groups is 2. The Morgan fingerprint density at radius 3 is 2.43 bits per heavy atom. The number of aromatic nitrogens is 2. The fraction of sp³-hybridized carbons (Fsp3) is 0.500. The second kappa shape index (κ2) is 11.1. The monoisotopic (exact) mass is 521 g/mol. The zero-order valence-corrected chi connectivity index (χ0v) is 21.6. The van der Waals surface area contributed by atoms with Gasteiger partial charge in [-0.05, 0) is 45.0 Å². The van der Waals surface area contributed by atoms with Crippen molar-refractivity contribution in [1.82, 2.24) is 19.8 Å². The van der Waals surface area contributed by atoms with E-state index in [1.165, 1.54) is 36.0 Å². The van der Waals surface area contributed by atoms with Crippen LogP contribution in [0.2, 0.25) is 5.15 Å². The van der Waals surface area contributed by atoms with Gasteiger partial charge in [-0.15, -0.1) is 0 Å². The highest BCUT2D eigenvalue weighted by molar-refractivity contribution is 7.99. The van der Waals surface area contributed by atoms with Gasteiger partial charge in [0.2, 0.25) is 5.91 Å². The SMILES string of the molecule is CC1CN(C(=O)CSc2nc(Cl)cc(N3CCN(C(=O)c4ccc(F)cc4)C(C)C3)n2)CC(C)O1. The van der Waals surface area contributed by atoms with E-state index in [1.54, 1.807) is 11.0 Å². The van der Waals surface area contributed by atoms with Crippen LogP contribution < -0.4 is 4.90 Å². The number of morpholine rings is 1. The van der Waals surface area contributed by atoms with Crippen LogP contribution in [0.4, 0.5) is 10.2 Å². The van der Waals surface area contributed by atoms with Gasteiger partial charge >= 0.3 is 0 Å². The van der Waals surface area contributed by atoms with E-state index in [-0.39, 0.29) is 41.6 Å². The number of piperazine rings is 1. The molecule has 2 aliphatic heterocycles. The Balaban J connectivity index is 1.37. The fourth-order valence-electron chi connectivity index (χ4n) is 4.44. The summed E-state index contributed by atoms with van der Waals surface area (Å²) in [4.78, 5) is 40.2. The van der Waals surface area contributed by atoms with E-state index < -0.39 is 0 Å². The Hall–Kier alpha value is -2.43. The van der Waals surface area contributed by atoms with Crippen LogP contribution in [-0.2, 0) is 9.53 Å². The average Bonchev–Trinajstić information content (AvgIpc) is 2.81. The molecule has 2 saturated heterocycles. The van der Waals surface area contributed by atoms with Gasteiger partial charge in [-0.3, -0.25) is 9.59 Å². The van der Waals surface area contributed by atoms with Gasteiger partial charge in [-0.1, -0.05) is 23.4 Å². The molecular formula is C24H29ClFN5O3S. The van der Waals surface area contributed by atoms with Crippen LogP contribution in [0.25, 0.3) is 0 Å². The van der Waals surface area contributed by atoms with Crippen LogP contribution >= 0.6 is 23.4 Å². The molecule has 4 rings (SSSR count). The van der Waals surface area contributed by atoms with Crippen LogP contribution in [-0.4, -0.2) is 88.3 Å². The predicted molar refractivity (Wildman–Crippen MR) is 133 cm³/mol. The highest BCUT2D eigenvalue weighted by atomic mass is 35.5. The van der Waals surface area contributed by atoms with Gasteiger partial charge in [-0.2, -0.15) is 0 Å². The Morgan fingerprint density at radius 1 is 1.09 bits per heavy atom. The molecule has 2 fully saturated rings. The number of nitrogens with zero attached hydrogens (tertiary/aromatic N) is 5. The lowest BCUT2D eigenvalue weighted by molar-refractivity contribution is -0.140. The van der Waals surface area contributed by atoms with E-state index in [4.69, 9.17) is 16.3 Å².